The van der Waals surface area contributed by atoms with Gasteiger partial charge >= 0.3 is 12.3 Å². The molecule has 5 fully saturated rings. The van der Waals surface area contributed by atoms with Crippen LogP contribution >= 0.6 is 0 Å². The van der Waals surface area contributed by atoms with Crippen molar-refractivity contribution in [2.75, 3.05) is 6.54 Å². The average Bonchev–Trinajstić information content (AvgIpc) is 4.13. The number of fused-ring (bicyclic) bond motifs is 3. The van der Waals surface area contributed by atoms with Gasteiger partial charge in [0.15, 0.2) is 0 Å². The highest BCUT2D eigenvalue weighted by Gasteiger charge is 2.63. The molecule has 60 heavy (non-hydrogen) atoms. The van der Waals surface area contributed by atoms with Gasteiger partial charge < -0.3 is 29.7 Å². The van der Waals surface area contributed by atoms with Crippen LogP contribution in [0.1, 0.15) is 112 Å². The lowest BCUT2D eigenvalue weighted by Gasteiger charge is -2.35. The van der Waals surface area contributed by atoms with Gasteiger partial charge in [-0.05, 0) is 89.5 Å². The first-order valence-corrected chi connectivity index (χ1v) is 22.6. The van der Waals surface area contributed by atoms with Crippen LogP contribution in [0.5, 0.6) is 11.6 Å². The molecule has 3 N–H and O–H groups in total. The largest absolute Gasteiger partial charge is 0.488 e. The van der Waals surface area contributed by atoms with Gasteiger partial charge in [0.1, 0.15) is 29.5 Å². The summed E-state index contributed by atoms with van der Waals surface area (Å²) in [6.45, 7) is 6.61. The van der Waals surface area contributed by atoms with Crippen molar-refractivity contribution < 1.29 is 55.0 Å². The zero-order valence-corrected chi connectivity index (χ0v) is 35.5. The third-order valence-corrected chi connectivity index (χ3v) is 15.3. The monoisotopic (exact) mass is 863 g/mol. The molecule has 7 rings (SSSR count). The van der Waals surface area contributed by atoms with Gasteiger partial charge in [0.05, 0.1) is 23.6 Å². The molecular weight excluding hydrogens is 808 g/mol. The third-order valence-electron chi connectivity index (χ3n) is 13.1. The van der Waals surface area contributed by atoms with Gasteiger partial charge in [-0.1, -0.05) is 57.7 Å². The van der Waals surface area contributed by atoms with Crippen LogP contribution in [0, 0.1) is 17.8 Å². The van der Waals surface area contributed by atoms with E-state index in [1.807, 2.05) is 38.1 Å². The number of halogens is 3. The summed E-state index contributed by atoms with van der Waals surface area (Å²) in [5, 5.41) is 6.72. The SMILES string of the molecule is CC[C@@H]1C[C@H](C)CCCC[C@@H]2C[C@@]2(C(=O)NS(=O)(=O)C2(C)CC2)NC(=O)[C@@H]2C[C@@H](Oc3ncc(OC4CC4)c4ccccc34)CN2C(=O)[C@H]1NC(=O)OC(C)(C)C(F)(F)F. The maximum absolute atomic E-state index is 15.0. The van der Waals surface area contributed by atoms with Crippen molar-refractivity contribution in [3.05, 3.63) is 30.5 Å². The predicted octanol–water partition coefficient (Wildman–Crippen LogP) is 6.06. The number of alkyl carbamates (subject to hydrolysis) is 1. The molecule has 2 aliphatic heterocycles. The maximum Gasteiger partial charge on any atom is 0.427 e. The predicted molar refractivity (Wildman–Crippen MR) is 213 cm³/mol. The van der Waals surface area contributed by atoms with Crippen molar-refractivity contribution in [3.63, 3.8) is 0 Å². The Kier molecular flexibility index (Phi) is 11.8. The summed E-state index contributed by atoms with van der Waals surface area (Å²) in [4.78, 5) is 62.7. The zero-order valence-electron chi connectivity index (χ0n) is 34.7. The number of hydrogen-bond acceptors (Lipinski definition) is 10. The second-order valence-electron chi connectivity index (χ2n) is 18.3. The maximum atomic E-state index is 15.0. The molecule has 14 nitrogen and oxygen atoms in total. The number of benzene rings is 1. The summed E-state index contributed by atoms with van der Waals surface area (Å²) in [5.74, 6) is -2.40. The van der Waals surface area contributed by atoms with Crippen LogP contribution in [-0.4, -0.2) is 95.0 Å². The molecule has 4 amide bonds. The Morgan fingerprint density at radius 2 is 1.68 bits per heavy atom. The molecule has 18 heteroatoms. The smallest absolute Gasteiger partial charge is 0.427 e. The van der Waals surface area contributed by atoms with E-state index in [1.54, 1.807) is 13.1 Å². The Hall–Kier alpha value is -4.35. The van der Waals surface area contributed by atoms with E-state index in [2.05, 4.69) is 20.3 Å². The summed E-state index contributed by atoms with van der Waals surface area (Å²) in [6, 6.07) is 4.67. The van der Waals surface area contributed by atoms with Crippen LogP contribution in [-0.2, 0) is 29.1 Å². The molecule has 7 atom stereocenters. The first kappa shape index (κ1) is 43.7. The average molecular weight is 864 g/mol. The van der Waals surface area contributed by atoms with Crippen LogP contribution in [0.25, 0.3) is 10.8 Å². The van der Waals surface area contributed by atoms with Crippen LogP contribution < -0.4 is 24.8 Å². The lowest BCUT2D eigenvalue weighted by atomic mass is 9.84. The van der Waals surface area contributed by atoms with Crippen LogP contribution in [0.2, 0.25) is 0 Å². The molecule has 2 saturated heterocycles. The number of pyridine rings is 1. The fourth-order valence-electron chi connectivity index (χ4n) is 8.54. The van der Waals surface area contributed by atoms with E-state index in [1.165, 1.54) is 4.90 Å². The molecule has 0 unspecified atom stereocenters. The van der Waals surface area contributed by atoms with Crippen LogP contribution in [0.4, 0.5) is 18.0 Å². The van der Waals surface area contributed by atoms with E-state index in [0.717, 1.165) is 24.6 Å². The minimum Gasteiger partial charge on any atom is -0.488 e. The Balaban J connectivity index is 1.23. The number of carbonyl (C=O) groups excluding carboxylic acids is 4. The summed E-state index contributed by atoms with van der Waals surface area (Å²) >= 11 is 0. The number of sulfonamides is 1. The molecule has 1 aromatic heterocycles. The number of aromatic nitrogens is 1. The molecular formula is C42H56F3N5O9S. The van der Waals surface area contributed by atoms with E-state index >= 15 is 0 Å². The van der Waals surface area contributed by atoms with Crippen molar-refractivity contribution in [1.82, 2.24) is 25.2 Å². The van der Waals surface area contributed by atoms with Gasteiger partial charge in [0.25, 0.3) is 5.91 Å². The van der Waals surface area contributed by atoms with Crippen molar-refractivity contribution in [2.24, 2.45) is 17.8 Å². The topological polar surface area (TPSA) is 182 Å². The quantitative estimate of drug-likeness (QED) is 0.254. The van der Waals surface area contributed by atoms with Crippen molar-refractivity contribution in [1.29, 1.82) is 0 Å². The van der Waals surface area contributed by atoms with E-state index in [-0.39, 0.29) is 43.2 Å². The van der Waals surface area contributed by atoms with Gasteiger partial charge in [-0.15, -0.1) is 0 Å². The van der Waals surface area contributed by atoms with E-state index < -0.39 is 80.0 Å². The molecule has 330 valence electrons. The van der Waals surface area contributed by atoms with E-state index in [4.69, 9.17) is 14.2 Å². The van der Waals surface area contributed by atoms with E-state index in [0.29, 0.717) is 69.9 Å². The van der Waals surface area contributed by atoms with Gasteiger partial charge in [-0.25, -0.2) is 18.2 Å². The molecule has 0 radical (unpaired) electrons. The Morgan fingerprint density at radius 3 is 2.33 bits per heavy atom. The fourth-order valence-corrected chi connectivity index (χ4v) is 9.85. The lowest BCUT2D eigenvalue weighted by Crippen LogP contribution is -2.60. The van der Waals surface area contributed by atoms with E-state index in [9.17, 15) is 40.8 Å². The summed E-state index contributed by atoms with van der Waals surface area (Å²) in [6.07, 6.45) is 0.690. The van der Waals surface area contributed by atoms with Gasteiger partial charge in [-0.3, -0.25) is 19.1 Å². The van der Waals surface area contributed by atoms with Crippen molar-refractivity contribution >= 4 is 44.6 Å². The Labute approximate surface area is 348 Å². The first-order valence-electron chi connectivity index (χ1n) is 21.1. The molecule has 0 spiro atoms. The van der Waals surface area contributed by atoms with Gasteiger partial charge in [0, 0.05) is 17.2 Å². The highest BCUT2D eigenvalue weighted by Crippen LogP contribution is 2.49. The number of nitrogens with zero attached hydrogens (tertiary/aromatic N) is 2. The highest BCUT2D eigenvalue weighted by molar-refractivity contribution is 7.91. The molecule has 0 bridgehead atoms. The Morgan fingerprint density at radius 1 is 1.00 bits per heavy atom. The zero-order chi connectivity index (χ0) is 43.4. The second-order valence-corrected chi connectivity index (χ2v) is 20.5. The summed E-state index contributed by atoms with van der Waals surface area (Å²) < 4.78 is 86.6. The second kappa shape index (κ2) is 16.2. The third kappa shape index (κ3) is 8.99. The number of rotatable bonds is 10. The number of hydrogen-bond donors (Lipinski definition) is 3. The standard InChI is InChI=1S/C42H56F3N5O9S/c1-6-25-19-24(2)11-7-8-12-26-21-41(26,37(53)49-60(55,56)40(5)17-18-40)48-34(51)31-20-28(23-50(31)36(52)33(25)47-38(54)59-39(3,4)42(43,44)45)58-35-30-14-10-9-13-29(30)32(22-46-35)57-27-15-16-27/h9-10,13-14,22,24-28,31,33H,6-8,11-12,15-21,23H2,1-5H3,(H,47,54)(H,48,51)(H,49,53)/t24-,25-,26-,28-,31+,33+,41-/m1/s1. The normalized spacial score (nSPS) is 29.8. The number of amides is 4. The molecule has 3 heterocycles. The van der Waals surface area contributed by atoms with Crippen LogP contribution in [0.3, 0.4) is 0 Å². The van der Waals surface area contributed by atoms with Crippen LogP contribution in [0.15, 0.2) is 30.5 Å². The highest BCUT2D eigenvalue weighted by atomic mass is 32.2. The minimum absolute atomic E-state index is 0.0212. The van der Waals surface area contributed by atoms with Crippen molar-refractivity contribution in [3.8, 4) is 11.6 Å². The Bertz CT molecular complexity index is 2110. The summed E-state index contributed by atoms with van der Waals surface area (Å²) in [5.41, 5.74) is -4.43. The van der Waals surface area contributed by atoms with Gasteiger partial charge in [0.2, 0.25) is 33.3 Å². The number of alkyl halides is 3. The van der Waals surface area contributed by atoms with Gasteiger partial charge in [-0.2, -0.15) is 13.2 Å². The molecule has 5 aliphatic rings. The summed E-state index contributed by atoms with van der Waals surface area (Å²) in [7, 11) is -4.06. The lowest BCUT2D eigenvalue weighted by molar-refractivity contribution is -0.244. The van der Waals surface area contributed by atoms with Crippen molar-refractivity contribution in [2.45, 2.75) is 158 Å². The number of ether oxygens (including phenoxy) is 3. The molecule has 2 aromatic rings. The number of carbonyl (C=O) groups is 4. The minimum atomic E-state index is -4.91. The molecule has 1 aromatic carbocycles. The first-order chi connectivity index (χ1) is 28.2. The fraction of sp³-hybridized carbons (Fsp3) is 0.690. The number of nitrogens with one attached hydrogen (secondary N) is 3. The molecule has 3 aliphatic carbocycles. The molecule has 3 saturated carbocycles.